The molecule has 1 aromatic heterocycles. The quantitative estimate of drug-likeness (QED) is 0.580. The summed E-state index contributed by atoms with van der Waals surface area (Å²) in [5.74, 6) is 1.45. The van der Waals surface area contributed by atoms with E-state index in [2.05, 4.69) is 10.00 Å². The number of benzene rings is 2. The fourth-order valence-corrected chi connectivity index (χ4v) is 4.01. The molecule has 0 N–H and O–H groups in total. The molecular weight excluding hydrogens is 412 g/mol. The van der Waals surface area contributed by atoms with Crippen LogP contribution in [0.1, 0.15) is 0 Å². The lowest BCUT2D eigenvalue weighted by molar-refractivity contribution is -0.132. The second kappa shape index (κ2) is 9.17. The molecule has 168 valence electrons. The molecule has 0 aliphatic carbocycles. The average Bonchev–Trinajstić information content (AvgIpc) is 2.85. The van der Waals surface area contributed by atoms with Gasteiger partial charge in [0.15, 0.2) is 11.5 Å². The van der Waals surface area contributed by atoms with Crippen molar-refractivity contribution < 1.29 is 19.0 Å². The summed E-state index contributed by atoms with van der Waals surface area (Å²) < 4.78 is 17.3. The Morgan fingerprint density at radius 2 is 1.66 bits per heavy atom. The number of para-hydroxylation sites is 2. The van der Waals surface area contributed by atoms with E-state index >= 15 is 0 Å². The van der Waals surface area contributed by atoms with E-state index in [1.54, 1.807) is 30.3 Å². The number of carbonyl (C=O) groups excluding carboxylic acids is 1. The normalized spacial score (nSPS) is 13.8. The summed E-state index contributed by atoms with van der Waals surface area (Å²) in [5, 5.41) is 5.16. The van der Waals surface area contributed by atoms with Crippen molar-refractivity contribution in [1.29, 1.82) is 0 Å². The molecule has 2 aromatic carbocycles. The van der Waals surface area contributed by atoms with Crippen LogP contribution >= 0.6 is 0 Å². The van der Waals surface area contributed by atoms with Crippen LogP contribution in [0.15, 0.2) is 47.4 Å². The molecule has 1 aliphatic rings. The predicted octanol–water partition coefficient (Wildman–Crippen LogP) is 1.77. The third-order valence-electron chi connectivity index (χ3n) is 5.71. The van der Waals surface area contributed by atoms with Crippen LogP contribution in [0.5, 0.6) is 17.2 Å². The molecule has 0 unspecified atom stereocenters. The summed E-state index contributed by atoms with van der Waals surface area (Å²) in [6, 6.07) is 11.3. The van der Waals surface area contributed by atoms with Gasteiger partial charge in [0.05, 0.1) is 38.6 Å². The first-order valence-corrected chi connectivity index (χ1v) is 10.3. The Bertz CT molecular complexity index is 1180. The van der Waals surface area contributed by atoms with Crippen LogP contribution < -0.4 is 24.7 Å². The molecule has 32 heavy (non-hydrogen) atoms. The highest BCUT2D eigenvalue weighted by molar-refractivity contribution is 5.89. The zero-order valence-corrected chi connectivity index (χ0v) is 18.4. The molecule has 4 rings (SSSR count). The van der Waals surface area contributed by atoms with Gasteiger partial charge in [-0.2, -0.15) is 5.10 Å². The predicted molar refractivity (Wildman–Crippen MR) is 121 cm³/mol. The van der Waals surface area contributed by atoms with Gasteiger partial charge in [-0.05, 0) is 24.3 Å². The van der Waals surface area contributed by atoms with Crippen molar-refractivity contribution in [3.05, 3.63) is 52.9 Å². The lowest BCUT2D eigenvalue weighted by Crippen LogP contribution is -2.50. The maximum absolute atomic E-state index is 13.1. The third kappa shape index (κ3) is 3.93. The van der Waals surface area contributed by atoms with Crippen molar-refractivity contribution in [2.75, 3.05) is 52.4 Å². The van der Waals surface area contributed by atoms with E-state index in [4.69, 9.17) is 14.2 Å². The lowest BCUT2D eigenvalue weighted by atomic mass is 10.1. The molecule has 0 bridgehead atoms. The average molecular weight is 438 g/mol. The molecule has 0 radical (unpaired) electrons. The van der Waals surface area contributed by atoms with Crippen molar-refractivity contribution in [3.8, 4) is 17.2 Å². The third-order valence-corrected chi connectivity index (χ3v) is 5.71. The summed E-state index contributed by atoms with van der Waals surface area (Å²) in [6.45, 7) is 2.32. The Balaban J connectivity index is 1.50. The van der Waals surface area contributed by atoms with E-state index in [9.17, 15) is 9.59 Å². The van der Waals surface area contributed by atoms with Gasteiger partial charge in [-0.25, -0.2) is 4.68 Å². The van der Waals surface area contributed by atoms with Gasteiger partial charge < -0.3 is 24.0 Å². The van der Waals surface area contributed by atoms with Gasteiger partial charge >= 0.3 is 0 Å². The topological polar surface area (TPSA) is 86.1 Å². The molecule has 0 atom stereocenters. The van der Waals surface area contributed by atoms with Gasteiger partial charge in [0.1, 0.15) is 12.3 Å². The van der Waals surface area contributed by atoms with E-state index in [0.29, 0.717) is 48.5 Å². The monoisotopic (exact) mass is 438 g/mol. The van der Waals surface area contributed by atoms with E-state index in [1.807, 2.05) is 24.3 Å². The minimum absolute atomic E-state index is 0.135. The zero-order valence-electron chi connectivity index (χ0n) is 18.4. The smallest absolute Gasteiger partial charge is 0.279 e. The Kier molecular flexibility index (Phi) is 6.16. The summed E-state index contributed by atoms with van der Waals surface area (Å²) in [6.07, 6.45) is 1.56. The van der Waals surface area contributed by atoms with Gasteiger partial charge in [0.2, 0.25) is 5.91 Å². The minimum atomic E-state index is -0.390. The van der Waals surface area contributed by atoms with Crippen LogP contribution in [0, 0.1) is 0 Å². The van der Waals surface area contributed by atoms with Crippen LogP contribution in [0.25, 0.3) is 10.8 Å². The Morgan fingerprint density at radius 1 is 0.938 bits per heavy atom. The van der Waals surface area contributed by atoms with Crippen molar-refractivity contribution in [2.45, 2.75) is 6.54 Å². The van der Waals surface area contributed by atoms with Gasteiger partial charge in [0, 0.05) is 31.6 Å². The highest BCUT2D eigenvalue weighted by Crippen LogP contribution is 2.33. The molecule has 1 aliphatic heterocycles. The summed E-state index contributed by atoms with van der Waals surface area (Å²) in [4.78, 5) is 30.0. The number of anilines is 1. The molecule has 9 nitrogen and oxygen atoms in total. The Morgan fingerprint density at radius 3 is 2.34 bits per heavy atom. The number of rotatable bonds is 6. The number of piperazine rings is 1. The Labute approximate surface area is 185 Å². The molecule has 0 saturated carbocycles. The van der Waals surface area contributed by atoms with Gasteiger partial charge in [-0.15, -0.1) is 0 Å². The van der Waals surface area contributed by atoms with Crippen LogP contribution in [-0.4, -0.2) is 68.1 Å². The molecule has 3 aromatic rings. The number of fused-ring (bicyclic) bond motifs is 1. The maximum Gasteiger partial charge on any atom is 0.279 e. The molecule has 1 saturated heterocycles. The molecule has 1 amide bonds. The second-order valence-electron chi connectivity index (χ2n) is 7.41. The minimum Gasteiger partial charge on any atom is -0.495 e. The summed E-state index contributed by atoms with van der Waals surface area (Å²) in [5.41, 5.74) is 0.620. The van der Waals surface area contributed by atoms with Crippen molar-refractivity contribution in [2.24, 2.45) is 0 Å². The zero-order chi connectivity index (χ0) is 22.7. The van der Waals surface area contributed by atoms with Gasteiger partial charge in [-0.1, -0.05) is 12.1 Å². The fraction of sp³-hybridized carbons (Fsp3) is 0.348. The first-order chi connectivity index (χ1) is 15.6. The molecule has 2 heterocycles. The van der Waals surface area contributed by atoms with E-state index in [1.165, 1.54) is 18.9 Å². The molecule has 1 fully saturated rings. The van der Waals surface area contributed by atoms with Crippen LogP contribution in [-0.2, 0) is 11.3 Å². The largest absolute Gasteiger partial charge is 0.495 e. The van der Waals surface area contributed by atoms with Gasteiger partial charge in [-0.3, -0.25) is 9.59 Å². The number of hydrogen-bond acceptors (Lipinski definition) is 7. The number of methoxy groups -OCH3 is 3. The van der Waals surface area contributed by atoms with Crippen molar-refractivity contribution in [3.63, 3.8) is 0 Å². The molecule has 9 heteroatoms. The van der Waals surface area contributed by atoms with Crippen LogP contribution in [0.3, 0.4) is 0 Å². The van der Waals surface area contributed by atoms with Crippen molar-refractivity contribution in [1.82, 2.24) is 14.7 Å². The number of amides is 1. The SMILES string of the molecule is COc1ccccc1N1CCN(C(=O)Cn2ncc3ccc(OC)c(OC)c3c2=O)CC1. The molecule has 0 spiro atoms. The van der Waals surface area contributed by atoms with Crippen LogP contribution in [0.4, 0.5) is 5.69 Å². The number of carbonyl (C=O) groups is 1. The highest BCUT2D eigenvalue weighted by atomic mass is 16.5. The molecular formula is C23H26N4O5. The van der Waals surface area contributed by atoms with Crippen LogP contribution in [0.2, 0.25) is 0 Å². The lowest BCUT2D eigenvalue weighted by Gasteiger charge is -2.36. The standard InChI is InChI=1S/C23H26N4O5/c1-30-18-7-5-4-6-17(18)25-10-12-26(13-11-25)20(28)15-27-23(29)21-16(14-24-27)8-9-19(31-2)22(21)32-3/h4-9,14H,10-13,15H2,1-3H3. The first-order valence-electron chi connectivity index (χ1n) is 10.3. The number of ether oxygens (including phenoxy) is 3. The van der Waals surface area contributed by atoms with E-state index < -0.39 is 0 Å². The highest BCUT2D eigenvalue weighted by Gasteiger charge is 2.24. The number of aromatic nitrogens is 2. The fourth-order valence-electron chi connectivity index (χ4n) is 4.01. The number of hydrogen-bond donors (Lipinski definition) is 0. The summed E-state index contributed by atoms with van der Waals surface area (Å²) >= 11 is 0. The van der Waals surface area contributed by atoms with Crippen molar-refractivity contribution >= 4 is 22.4 Å². The van der Waals surface area contributed by atoms with E-state index in [-0.39, 0.29) is 18.0 Å². The van der Waals surface area contributed by atoms with E-state index in [0.717, 1.165) is 11.4 Å². The number of nitrogens with zero attached hydrogens (tertiary/aromatic N) is 4. The van der Waals surface area contributed by atoms with Gasteiger partial charge in [0.25, 0.3) is 5.56 Å². The first kappa shape index (κ1) is 21.5. The Hall–Kier alpha value is -3.75. The maximum atomic E-state index is 13.1. The second-order valence-corrected chi connectivity index (χ2v) is 7.41. The summed E-state index contributed by atoms with van der Waals surface area (Å²) in [7, 11) is 4.64.